The van der Waals surface area contributed by atoms with Crippen LogP contribution in [0.1, 0.15) is 44.4 Å². The van der Waals surface area contributed by atoms with Crippen LogP contribution in [0.15, 0.2) is 16.7 Å². The second-order valence-corrected chi connectivity index (χ2v) is 6.55. The standard InChI is InChI=1S/C15H21N3O2/c1-8(2)14-16-15(20-17-14)9(3)18-6-10-11(7-18)13-5-4-12(10)19-13/h4-5,8-13H,6-7H2,1-3H3. The number of ether oxygens (including phenoxy) is 1. The molecular weight excluding hydrogens is 254 g/mol. The van der Waals surface area contributed by atoms with E-state index in [1.165, 1.54) is 0 Å². The Morgan fingerprint density at radius 1 is 1.15 bits per heavy atom. The second-order valence-electron chi connectivity index (χ2n) is 6.55. The summed E-state index contributed by atoms with van der Waals surface area (Å²) in [6.45, 7) is 8.46. The van der Waals surface area contributed by atoms with Crippen LogP contribution in [-0.2, 0) is 4.74 Å². The Bertz CT molecular complexity index is 519. The SMILES string of the molecule is CC(C)c1noc(C(C)N2CC3C4C=CC(O4)C3C2)n1. The molecule has 0 aromatic carbocycles. The van der Waals surface area contributed by atoms with Crippen molar-refractivity contribution in [2.75, 3.05) is 13.1 Å². The van der Waals surface area contributed by atoms with E-state index in [9.17, 15) is 0 Å². The number of rotatable bonds is 3. The molecule has 2 fully saturated rings. The Morgan fingerprint density at radius 3 is 2.35 bits per heavy atom. The second kappa shape index (κ2) is 4.40. The average molecular weight is 275 g/mol. The summed E-state index contributed by atoms with van der Waals surface area (Å²) in [5, 5.41) is 4.07. The summed E-state index contributed by atoms with van der Waals surface area (Å²) in [6.07, 6.45) is 5.11. The van der Waals surface area contributed by atoms with Gasteiger partial charge in [0.1, 0.15) is 0 Å². The number of hydrogen-bond donors (Lipinski definition) is 0. The molecule has 3 aliphatic rings. The average Bonchev–Trinajstić information content (AvgIpc) is 3.17. The summed E-state index contributed by atoms with van der Waals surface area (Å²) in [5.41, 5.74) is 0. The first-order chi connectivity index (χ1) is 9.63. The van der Waals surface area contributed by atoms with Crippen LogP contribution >= 0.6 is 0 Å². The van der Waals surface area contributed by atoms with Crippen LogP contribution in [0.4, 0.5) is 0 Å². The third kappa shape index (κ3) is 1.76. The molecule has 4 rings (SSSR count). The lowest BCUT2D eigenvalue weighted by atomic mass is 9.86. The van der Waals surface area contributed by atoms with Crippen molar-refractivity contribution in [1.29, 1.82) is 0 Å². The van der Waals surface area contributed by atoms with Gasteiger partial charge in [0.2, 0.25) is 5.89 Å². The molecule has 0 radical (unpaired) electrons. The van der Waals surface area contributed by atoms with E-state index in [-0.39, 0.29) is 6.04 Å². The number of aromatic nitrogens is 2. The normalized spacial score (nSPS) is 37.0. The van der Waals surface area contributed by atoms with Crippen molar-refractivity contribution in [3.05, 3.63) is 23.9 Å². The molecule has 0 aliphatic carbocycles. The smallest absolute Gasteiger partial charge is 0.243 e. The Labute approximate surface area is 119 Å². The first-order valence-electron chi connectivity index (χ1n) is 7.55. The van der Waals surface area contributed by atoms with E-state index in [1.807, 2.05) is 0 Å². The summed E-state index contributed by atoms with van der Waals surface area (Å²) in [7, 11) is 0. The highest BCUT2D eigenvalue weighted by atomic mass is 16.5. The fourth-order valence-corrected chi connectivity index (χ4v) is 3.68. The topological polar surface area (TPSA) is 51.4 Å². The minimum absolute atomic E-state index is 0.194. The highest BCUT2D eigenvalue weighted by Gasteiger charge is 2.51. The van der Waals surface area contributed by atoms with Gasteiger partial charge in [-0.25, -0.2) is 0 Å². The maximum Gasteiger partial charge on any atom is 0.243 e. The maximum atomic E-state index is 5.92. The van der Waals surface area contributed by atoms with Crippen LogP contribution in [0.3, 0.4) is 0 Å². The zero-order chi connectivity index (χ0) is 13.9. The van der Waals surface area contributed by atoms with Crippen LogP contribution in [0.25, 0.3) is 0 Å². The lowest BCUT2D eigenvalue weighted by molar-refractivity contribution is 0.0755. The highest BCUT2D eigenvalue weighted by Crippen LogP contribution is 2.45. The van der Waals surface area contributed by atoms with Gasteiger partial charge in [-0.1, -0.05) is 31.2 Å². The van der Waals surface area contributed by atoms with E-state index in [4.69, 9.17) is 9.26 Å². The van der Waals surface area contributed by atoms with Crippen LogP contribution in [0.2, 0.25) is 0 Å². The Hall–Kier alpha value is -1.20. The van der Waals surface area contributed by atoms with Crippen LogP contribution in [0.5, 0.6) is 0 Å². The minimum atomic E-state index is 0.194. The number of likely N-dealkylation sites (tertiary alicyclic amines) is 1. The predicted molar refractivity (Wildman–Crippen MR) is 73.2 cm³/mol. The first-order valence-corrected chi connectivity index (χ1v) is 7.55. The molecule has 0 saturated carbocycles. The summed E-state index contributed by atoms with van der Waals surface area (Å²) in [5.74, 6) is 3.14. The molecule has 108 valence electrons. The summed E-state index contributed by atoms with van der Waals surface area (Å²) in [6, 6.07) is 0.194. The predicted octanol–water partition coefficient (Wildman–Crippen LogP) is 2.14. The molecule has 5 heteroatoms. The third-order valence-corrected chi connectivity index (χ3v) is 4.97. The van der Waals surface area contributed by atoms with E-state index < -0.39 is 0 Å². The highest BCUT2D eigenvalue weighted by molar-refractivity contribution is 5.18. The van der Waals surface area contributed by atoms with Crippen LogP contribution in [-0.4, -0.2) is 40.3 Å². The van der Waals surface area contributed by atoms with E-state index >= 15 is 0 Å². The molecule has 5 atom stereocenters. The van der Waals surface area contributed by atoms with Crippen molar-refractivity contribution in [1.82, 2.24) is 15.0 Å². The van der Waals surface area contributed by atoms with Gasteiger partial charge in [-0.3, -0.25) is 4.90 Å². The number of fused-ring (bicyclic) bond motifs is 5. The van der Waals surface area contributed by atoms with Gasteiger partial charge >= 0.3 is 0 Å². The summed E-state index contributed by atoms with van der Waals surface area (Å²) >= 11 is 0. The lowest BCUT2D eigenvalue weighted by Gasteiger charge is -2.22. The fourth-order valence-electron chi connectivity index (χ4n) is 3.68. The fraction of sp³-hybridized carbons (Fsp3) is 0.733. The molecule has 3 aliphatic heterocycles. The van der Waals surface area contributed by atoms with Gasteiger partial charge in [0.05, 0.1) is 18.2 Å². The molecule has 2 saturated heterocycles. The molecule has 4 heterocycles. The molecule has 2 bridgehead atoms. The van der Waals surface area contributed by atoms with E-state index in [0.29, 0.717) is 30.0 Å². The van der Waals surface area contributed by atoms with Crippen molar-refractivity contribution < 1.29 is 9.26 Å². The Morgan fingerprint density at radius 2 is 1.80 bits per heavy atom. The molecule has 1 aromatic heterocycles. The van der Waals surface area contributed by atoms with Gasteiger partial charge in [0.25, 0.3) is 0 Å². The van der Waals surface area contributed by atoms with Crippen molar-refractivity contribution in [3.63, 3.8) is 0 Å². The van der Waals surface area contributed by atoms with Crippen molar-refractivity contribution in [3.8, 4) is 0 Å². The molecule has 0 N–H and O–H groups in total. The number of hydrogen-bond acceptors (Lipinski definition) is 5. The van der Waals surface area contributed by atoms with E-state index in [1.54, 1.807) is 0 Å². The van der Waals surface area contributed by atoms with E-state index in [0.717, 1.165) is 24.8 Å². The molecule has 1 aromatic rings. The van der Waals surface area contributed by atoms with Gasteiger partial charge in [0, 0.05) is 30.8 Å². The van der Waals surface area contributed by atoms with Gasteiger partial charge in [-0.15, -0.1) is 0 Å². The monoisotopic (exact) mass is 275 g/mol. The molecular formula is C15H21N3O2. The maximum absolute atomic E-state index is 5.92. The molecule has 0 spiro atoms. The van der Waals surface area contributed by atoms with Gasteiger partial charge in [-0.05, 0) is 6.92 Å². The van der Waals surface area contributed by atoms with Crippen LogP contribution in [0, 0.1) is 11.8 Å². The minimum Gasteiger partial charge on any atom is -0.366 e. The Balaban J connectivity index is 1.49. The van der Waals surface area contributed by atoms with Gasteiger partial charge < -0.3 is 9.26 Å². The van der Waals surface area contributed by atoms with Gasteiger partial charge in [0.15, 0.2) is 5.82 Å². The molecule has 0 amide bonds. The van der Waals surface area contributed by atoms with E-state index in [2.05, 4.69) is 48.0 Å². The third-order valence-electron chi connectivity index (χ3n) is 4.97. The summed E-state index contributed by atoms with van der Waals surface area (Å²) in [4.78, 5) is 7.00. The largest absolute Gasteiger partial charge is 0.366 e. The van der Waals surface area contributed by atoms with Crippen LogP contribution < -0.4 is 0 Å². The van der Waals surface area contributed by atoms with Crippen molar-refractivity contribution in [2.45, 2.75) is 44.9 Å². The lowest BCUT2D eigenvalue weighted by Crippen LogP contribution is -2.28. The molecule has 5 nitrogen and oxygen atoms in total. The van der Waals surface area contributed by atoms with Gasteiger partial charge in [-0.2, -0.15) is 4.98 Å². The molecule has 5 unspecified atom stereocenters. The first kappa shape index (κ1) is 12.5. The quantitative estimate of drug-likeness (QED) is 0.791. The number of nitrogens with zero attached hydrogens (tertiary/aromatic N) is 3. The summed E-state index contributed by atoms with van der Waals surface area (Å²) < 4.78 is 11.4. The Kier molecular flexibility index (Phi) is 2.76. The van der Waals surface area contributed by atoms with Crippen molar-refractivity contribution >= 4 is 0 Å². The zero-order valence-electron chi connectivity index (χ0n) is 12.2. The molecule has 20 heavy (non-hydrogen) atoms. The van der Waals surface area contributed by atoms with Crippen molar-refractivity contribution in [2.24, 2.45) is 11.8 Å². The zero-order valence-corrected chi connectivity index (χ0v) is 12.2.